The lowest BCUT2D eigenvalue weighted by Crippen LogP contribution is -2.03. The van der Waals surface area contributed by atoms with Crippen molar-refractivity contribution in [2.75, 3.05) is 0 Å². The Balaban J connectivity index is 0.598. The number of nitrogens with zero attached hydrogens (tertiary/aromatic N) is 10. The van der Waals surface area contributed by atoms with Gasteiger partial charge in [0.15, 0.2) is 46.6 Å². The first-order valence-corrected chi connectivity index (χ1v) is 40.7. The lowest BCUT2D eigenvalue weighted by atomic mass is 9.94. The zero-order valence-corrected chi connectivity index (χ0v) is 65.2. The van der Waals surface area contributed by atoms with Crippen LogP contribution in [-0.4, -0.2) is 49.8 Å². The van der Waals surface area contributed by atoms with Gasteiger partial charge >= 0.3 is 0 Å². The van der Waals surface area contributed by atoms with E-state index in [1.54, 1.807) is 0 Å². The molecule has 0 aliphatic heterocycles. The van der Waals surface area contributed by atoms with Crippen molar-refractivity contribution in [2.45, 2.75) is 0 Å². The Hall–Kier alpha value is -16.7. The van der Waals surface area contributed by atoms with Gasteiger partial charge in [-0.2, -0.15) is 0 Å². The van der Waals surface area contributed by atoms with E-state index >= 15 is 0 Å². The van der Waals surface area contributed by atoms with Gasteiger partial charge in [-0.05, 0) is 141 Å². The molecule has 6 aromatic heterocycles. The average Bonchev–Trinajstić information content (AvgIpc) is 1.37. The summed E-state index contributed by atoms with van der Waals surface area (Å²) in [6.45, 7) is 0. The van der Waals surface area contributed by atoms with Crippen molar-refractivity contribution in [1.29, 1.82) is 0 Å². The fraction of sp³-hybridized carbons (Fsp3) is 0. The molecule has 0 atom stereocenters. The van der Waals surface area contributed by atoms with Gasteiger partial charge in [-0.3, -0.25) is 0 Å². The Kier molecular flexibility index (Phi) is 16.3. The van der Waals surface area contributed by atoms with Crippen LogP contribution in [-0.2, 0) is 0 Å². The van der Waals surface area contributed by atoms with Crippen molar-refractivity contribution in [1.82, 2.24) is 49.8 Å². The number of rotatable bonds is 13. The van der Waals surface area contributed by atoms with E-state index in [9.17, 15) is 0 Å². The van der Waals surface area contributed by atoms with E-state index in [0.29, 0.717) is 58.0 Å². The van der Waals surface area contributed by atoms with Crippen molar-refractivity contribution in [3.63, 3.8) is 0 Å². The van der Waals surface area contributed by atoms with Crippen molar-refractivity contribution in [2.24, 2.45) is 0 Å². The molecule has 0 fully saturated rings. The van der Waals surface area contributed by atoms with Crippen molar-refractivity contribution < 1.29 is 8.83 Å². The molecular formula is C110H64N10O2. The van der Waals surface area contributed by atoms with Gasteiger partial charge in [-0.15, -0.1) is 0 Å². The maximum Gasteiger partial charge on any atom is 0.182 e. The van der Waals surface area contributed by atoms with Crippen molar-refractivity contribution >= 4 is 109 Å². The molecular weight excluding hydrogens is 1490 g/mol. The largest absolute Gasteiger partial charge is 0.456 e. The predicted molar refractivity (Wildman–Crippen MR) is 495 cm³/mol. The zero-order valence-electron chi connectivity index (χ0n) is 65.2. The molecule has 0 unspecified atom stereocenters. The zero-order chi connectivity index (χ0) is 80.3. The summed E-state index contributed by atoms with van der Waals surface area (Å²) in [6, 6.07) is 134. The molecule has 24 aromatic rings. The normalized spacial score (nSPS) is 11.8. The topological polar surface area (TPSA) is 155 Å². The highest BCUT2D eigenvalue weighted by Crippen LogP contribution is 2.46. The van der Waals surface area contributed by atoms with Crippen LogP contribution in [0.4, 0.5) is 0 Å². The number of benzene rings is 18. The molecule has 6 heterocycles. The highest BCUT2D eigenvalue weighted by molar-refractivity contribution is 6.19. The molecule has 0 radical (unpaired) electrons. The molecule has 0 saturated heterocycles. The summed E-state index contributed by atoms with van der Waals surface area (Å²) in [5.74, 6) is 3.92. The molecule has 12 nitrogen and oxygen atoms in total. The van der Waals surface area contributed by atoms with Crippen LogP contribution < -0.4 is 0 Å². The van der Waals surface area contributed by atoms with E-state index < -0.39 is 0 Å². The van der Waals surface area contributed by atoms with Crippen LogP contribution in [0.1, 0.15) is 0 Å². The smallest absolute Gasteiger partial charge is 0.182 e. The Morgan fingerprint density at radius 1 is 0.148 bits per heavy atom. The molecule has 18 aromatic carbocycles. The number of hydrogen-bond donors (Lipinski definition) is 0. The number of hydrogen-bond acceptors (Lipinski definition) is 12. The van der Waals surface area contributed by atoms with Gasteiger partial charge in [0, 0.05) is 71.6 Å². The fourth-order valence-corrected chi connectivity index (χ4v) is 17.8. The first-order chi connectivity index (χ1) is 60.4. The van der Waals surface area contributed by atoms with E-state index in [1.165, 1.54) is 5.39 Å². The molecule has 24 rings (SSSR count). The van der Waals surface area contributed by atoms with Crippen LogP contribution in [0.5, 0.6) is 0 Å². The summed E-state index contributed by atoms with van der Waals surface area (Å²) >= 11 is 0. The molecule has 0 amide bonds. The molecule has 0 bridgehead atoms. The molecule has 0 aliphatic rings. The first kappa shape index (κ1) is 69.6. The number of para-hydroxylation sites is 2. The fourth-order valence-electron chi connectivity index (χ4n) is 17.8. The Labute approximate surface area is 698 Å². The Morgan fingerprint density at radius 3 is 0.918 bits per heavy atom. The molecule has 0 spiro atoms. The Bertz CT molecular complexity index is 8240. The third-order valence-corrected chi connectivity index (χ3v) is 23.6. The highest BCUT2D eigenvalue weighted by Gasteiger charge is 2.25. The third-order valence-electron chi connectivity index (χ3n) is 23.6. The second-order valence-electron chi connectivity index (χ2n) is 30.8. The van der Waals surface area contributed by atoms with Crippen LogP contribution in [0.3, 0.4) is 0 Å². The van der Waals surface area contributed by atoms with Gasteiger partial charge in [-0.25, -0.2) is 49.8 Å². The minimum absolute atomic E-state index is 0.405. The summed E-state index contributed by atoms with van der Waals surface area (Å²) in [4.78, 5) is 53.7. The summed E-state index contributed by atoms with van der Waals surface area (Å²) in [7, 11) is 0. The van der Waals surface area contributed by atoms with E-state index in [4.69, 9.17) is 58.7 Å². The monoisotopic (exact) mass is 1560 g/mol. The summed E-state index contributed by atoms with van der Waals surface area (Å²) in [5.41, 5.74) is 18.8. The molecule has 12 heteroatoms. The van der Waals surface area contributed by atoms with E-state index in [1.807, 2.05) is 103 Å². The summed E-state index contributed by atoms with van der Waals surface area (Å²) < 4.78 is 13.3. The van der Waals surface area contributed by atoms with Crippen LogP contribution >= 0.6 is 0 Å². The Morgan fingerprint density at radius 2 is 0.443 bits per heavy atom. The lowest BCUT2D eigenvalue weighted by molar-refractivity contribution is 0.669. The second-order valence-corrected chi connectivity index (χ2v) is 30.8. The third kappa shape index (κ3) is 12.0. The number of aromatic nitrogens is 10. The standard InChI is InChI=1S/C110H64N10O2/c1-3-24-68(25-4-1)104-115-106(71-54-48-65(49-55-71)79-41-22-46-98-100(79)88-40-19-20-45-97(88)121-98)119-109(117-104)95-63-93(90-60-73-28-7-10-31-76(73)82-34-13-16-37-85(82)90)111-103(113-95)70-58-52-67(53-59-70)81-43-21-44-89-101-80(42-23-47-99(101)122-102(81)89)66-50-56-72(57-51-66)107-116-105(69-26-5-2-6-27-69)118-110(120-107)96-64-94(91-61-74-29-8-11-32-77(74)83-35-14-17-38-86(83)91)112-108(114-96)92-62-75-30-9-12-33-78(75)84-36-15-18-39-87(84)92/h1-64H. The van der Waals surface area contributed by atoms with E-state index in [2.05, 4.69) is 285 Å². The van der Waals surface area contributed by atoms with Gasteiger partial charge in [0.05, 0.1) is 11.4 Å². The first-order valence-electron chi connectivity index (χ1n) is 40.7. The molecule has 0 saturated carbocycles. The predicted octanol–water partition coefficient (Wildman–Crippen LogP) is 28.0. The minimum atomic E-state index is 0.405. The maximum atomic E-state index is 7.02. The minimum Gasteiger partial charge on any atom is -0.456 e. The van der Waals surface area contributed by atoms with Gasteiger partial charge in [-0.1, -0.05) is 340 Å². The summed E-state index contributed by atoms with van der Waals surface area (Å²) in [5, 5.41) is 17.5. The van der Waals surface area contributed by atoms with Gasteiger partial charge < -0.3 is 8.83 Å². The molecule has 0 aliphatic carbocycles. The van der Waals surface area contributed by atoms with Crippen molar-refractivity contribution in [3.05, 3.63) is 388 Å². The number of fused-ring (bicyclic) bond motifs is 15. The molecule has 122 heavy (non-hydrogen) atoms. The molecule has 0 N–H and O–H groups in total. The van der Waals surface area contributed by atoms with Crippen LogP contribution in [0.2, 0.25) is 0 Å². The lowest BCUT2D eigenvalue weighted by Gasteiger charge is -2.15. The van der Waals surface area contributed by atoms with E-state index in [-0.39, 0.29) is 0 Å². The van der Waals surface area contributed by atoms with E-state index in [0.717, 1.165) is 192 Å². The second kappa shape index (κ2) is 28.6. The molecule has 566 valence electrons. The van der Waals surface area contributed by atoms with Gasteiger partial charge in [0.25, 0.3) is 0 Å². The summed E-state index contributed by atoms with van der Waals surface area (Å²) in [6.07, 6.45) is 0. The number of furan rings is 2. The van der Waals surface area contributed by atoms with Gasteiger partial charge in [0.2, 0.25) is 0 Å². The highest BCUT2D eigenvalue weighted by atomic mass is 16.3. The van der Waals surface area contributed by atoms with Crippen molar-refractivity contribution in [3.8, 4) is 147 Å². The SMILES string of the molecule is c1ccc(-c2nc(-c3ccc(-c4cccc5oc6ccccc6c45)cc3)nc(-c3cc(-c4cc5ccccc5c5ccccc45)nc(-c4ccc(-c5cccc6c5oc5cccc(-c7ccc(-c8nc(-c9ccccc9)nc(-c9cc(-c%10cc%11ccccc%11c%11ccccc%10%11)nc(-c%10cc%11ccccc%11c%11ccccc%10%11)n9)n8)cc7)c56)cc4)n3)n2)cc1. The van der Waals surface area contributed by atoms with Crippen LogP contribution in [0, 0.1) is 0 Å². The average molecular weight is 1560 g/mol. The van der Waals surface area contributed by atoms with Crippen LogP contribution in [0.15, 0.2) is 397 Å². The van der Waals surface area contributed by atoms with Gasteiger partial charge in [0.1, 0.15) is 33.7 Å². The quantitative estimate of drug-likeness (QED) is 0.101. The maximum absolute atomic E-state index is 7.02. The van der Waals surface area contributed by atoms with Crippen LogP contribution in [0.25, 0.3) is 256 Å².